The lowest BCUT2D eigenvalue weighted by molar-refractivity contribution is -0.133. The third-order valence-corrected chi connectivity index (χ3v) is 4.05. The zero-order chi connectivity index (χ0) is 14.2. The maximum absolute atomic E-state index is 13.7. The van der Waals surface area contributed by atoms with Gasteiger partial charge in [-0.1, -0.05) is 15.9 Å². The van der Waals surface area contributed by atoms with Crippen molar-refractivity contribution in [2.75, 3.05) is 6.54 Å². The van der Waals surface area contributed by atoms with E-state index in [4.69, 9.17) is 5.73 Å². The highest BCUT2D eigenvalue weighted by atomic mass is 79.9. The van der Waals surface area contributed by atoms with Gasteiger partial charge < -0.3 is 10.6 Å². The minimum atomic E-state index is -0.349. The molecule has 1 aliphatic rings. The normalized spacial score (nSPS) is 21.7. The van der Waals surface area contributed by atoms with Gasteiger partial charge in [-0.2, -0.15) is 0 Å². The van der Waals surface area contributed by atoms with Crippen LogP contribution in [0.5, 0.6) is 0 Å². The Kier molecular flexibility index (Phi) is 3.97. The molecule has 1 amide bonds. The molecule has 0 aromatic heterocycles. The first-order chi connectivity index (χ1) is 8.79. The molecule has 5 heteroatoms. The van der Waals surface area contributed by atoms with Crippen LogP contribution in [0.3, 0.4) is 0 Å². The first-order valence-corrected chi connectivity index (χ1v) is 7.09. The van der Waals surface area contributed by atoms with E-state index in [0.717, 1.165) is 10.9 Å². The zero-order valence-electron chi connectivity index (χ0n) is 11.1. The molecular weight excluding hydrogens is 311 g/mol. The maximum Gasteiger partial charge on any atom is 0.227 e. The second-order valence-electron chi connectivity index (χ2n) is 5.69. The fraction of sp³-hybridized carbons (Fsp3) is 0.500. The van der Waals surface area contributed by atoms with Crippen molar-refractivity contribution in [3.63, 3.8) is 0 Å². The van der Waals surface area contributed by atoms with Gasteiger partial charge in [0.15, 0.2) is 0 Å². The van der Waals surface area contributed by atoms with Gasteiger partial charge in [-0.3, -0.25) is 4.79 Å². The molecule has 19 heavy (non-hydrogen) atoms. The van der Waals surface area contributed by atoms with Gasteiger partial charge in [0.05, 0.1) is 6.42 Å². The second kappa shape index (κ2) is 5.21. The summed E-state index contributed by atoms with van der Waals surface area (Å²) in [4.78, 5) is 14.1. The van der Waals surface area contributed by atoms with Gasteiger partial charge in [-0.05, 0) is 44.0 Å². The summed E-state index contributed by atoms with van der Waals surface area (Å²) in [6, 6.07) is 4.65. The first-order valence-electron chi connectivity index (χ1n) is 6.29. The Balaban J connectivity index is 2.15. The Morgan fingerprint density at radius 1 is 1.58 bits per heavy atom. The van der Waals surface area contributed by atoms with Crippen molar-refractivity contribution >= 4 is 21.8 Å². The predicted octanol–water partition coefficient (Wildman–Crippen LogP) is 2.47. The van der Waals surface area contributed by atoms with E-state index in [0.29, 0.717) is 12.1 Å². The standard InChI is InChI=1S/C14H18BrFN2O/c1-14(2)7-11(17)8-18(14)13(19)6-9-5-10(15)3-4-12(9)16/h3-5,11H,6-8,17H2,1-2H3. The quantitative estimate of drug-likeness (QED) is 0.906. The Bertz CT molecular complexity index is 504. The average Bonchev–Trinajstić information content (AvgIpc) is 2.57. The molecule has 0 aliphatic carbocycles. The van der Waals surface area contributed by atoms with Crippen molar-refractivity contribution in [3.8, 4) is 0 Å². The fourth-order valence-corrected chi connectivity index (χ4v) is 3.08. The highest BCUT2D eigenvalue weighted by Crippen LogP contribution is 2.28. The summed E-state index contributed by atoms with van der Waals surface area (Å²) in [6.45, 7) is 4.53. The van der Waals surface area contributed by atoms with E-state index in [1.54, 1.807) is 17.0 Å². The van der Waals surface area contributed by atoms with E-state index in [1.807, 2.05) is 13.8 Å². The number of nitrogens with two attached hydrogens (primary N) is 1. The number of carbonyl (C=O) groups is 1. The van der Waals surface area contributed by atoms with Crippen LogP contribution in [-0.2, 0) is 11.2 Å². The molecule has 1 fully saturated rings. The van der Waals surface area contributed by atoms with Crippen LogP contribution < -0.4 is 5.73 Å². The SMILES string of the molecule is CC1(C)CC(N)CN1C(=O)Cc1cc(Br)ccc1F. The average molecular weight is 329 g/mol. The Hall–Kier alpha value is -0.940. The lowest BCUT2D eigenvalue weighted by Crippen LogP contribution is -2.43. The largest absolute Gasteiger partial charge is 0.336 e. The van der Waals surface area contributed by atoms with Gasteiger partial charge in [0.25, 0.3) is 0 Å². The topological polar surface area (TPSA) is 46.3 Å². The molecule has 0 radical (unpaired) electrons. The van der Waals surface area contributed by atoms with Crippen molar-refractivity contribution < 1.29 is 9.18 Å². The van der Waals surface area contributed by atoms with Crippen molar-refractivity contribution in [2.24, 2.45) is 5.73 Å². The number of nitrogens with zero attached hydrogens (tertiary/aromatic N) is 1. The van der Waals surface area contributed by atoms with Gasteiger partial charge in [0.2, 0.25) is 5.91 Å². The highest BCUT2D eigenvalue weighted by Gasteiger charge is 2.39. The Morgan fingerprint density at radius 2 is 2.26 bits per heavy atom. The van der Waals surface area contributed by atoms with Crippen molar-refractivity contribution in [1.82, 2.24) is 4.90 Å². The van der Waals surface area contributed by atoms with Crippen LogP contribution in [0.1, 0.15) is 25.8 Å². The lowest BCUT2D eigenvalue weighted by atomic mass is 10.00. The molecule has 2 rings (SSSR count). The molecule has 3 nitrogen and oxygen atoms in total. The van der Waals surface area contributed by atoms with Gasteiger partial charge in [-0.25, -0.2) is 4.39 Å². The predicted molar refractivity (Wildman–Crippen MR) is 76.2 cm³/mol. The zero-order valence-corrected chi connectivity index (χ0v) is 12.7. The van der Waals surface area contributed by atoms with Crippen molar-refractivity contribution in [2.45, 2.75) is 38.3 Å². The molecule has 2 N–H and O–H groups in total. The van der Waals surface area contributed by atoms with Crippen LogP contribution in [0.25, 0.3) is 0 Å². The summed E-state index contributed by atoms with van der Waals surface area (Å²) < 4.78 is 14.4. The molecule has 104 valence electrons. The number of amides is 1. The molecule has 1 atom stereocenters. The molecule has 1 unspecified atom stereocenters. The van der Waals surface area contributed by atoms with Crippen LogP contribution in [0.2, 0.25) is 0 Å². The smallest absolute Gasteiger partial charge is 0.227 e. The van der Waals surface area contributed by atoms with E-state index in [1.165, 1.54) is 6.07 Å². The summed E-state index contributed by atoms with van der Waals surface area (Å²) >= 11 is 3.29. The monoisotopic (exact) mass is 328 g/mol. The third kappa shape index (κ3) is 3.15. The molecule has 1 heterocycles. The fourth-order valence-electron chi connectivity index (χ4n) is 2.67. The summed E-state index contributed by atoms with van der Waals surface area (Å²) in [6.07, 6.45) is 0.848. The summed E-state index contributed by atoms with van der Waals surface area (Å²) in [5.74, 6) is -0.423. The van der Waals surface area contributed by atoms with E-state index in [-0.39, 0.29) is 29.7 Å². The summed E-state index contributed by atoms with van der Waals surface area (Å²) in [5, 5.41) is 0. The van der Waals surface area contributed by atoms with Crippen molar-refractivity contribution in [1.29, 1.82) is 0 Å². The van der Waals surface area contributed by atoms with Crippen LogP contribution in [0.4, 0.5) is 4.39 Å². The molecule has 1 aromatic carbocycles. The number of halogens is 2. The number of carbonyl (C=O) groups excluding carboxylic acids is 1. The van der Waals surface area contributed by atoms with Crippen LogP contribution in [0.15, 0.2) is 22.7 Å². The van der Waals surface area contributed by atoms with Crippen LogP contribution in [0, 0.1) is 5.82 Å². The van der Waals surface area contributed by atoms with Crippen LogP contribution >= 0.6 is 15.9 Å². The van der Waals surface area contributed by atoms with Crippen LogP contribution in [-0.4, -0.2) is 28.9 Å². The number of hydrogen-bond acceptors (Lipinski definition) is 2. The first kappa shape index (κ1) is 14.5. The highest BCUT2D eigenvalue weighted by molar-refractivity contribution is 9.10. The van der Waals surface area contributed by atoms with Gasteiger partial charge in [0, 0.05) is 22.6 Å². The summed E-state index contributed by atoms with van der Waals surface area (Å²) in [5.41, 5.74) is 6.07. The number of hydrogen-bond donors (Lipinski definition) is 1. The van der Waals surface area contributed by atoms with E-state index in [9.17, 15) is 9.18 Å². The summed E-state index contributed by atoms with van der Waals surface area (Å²) in [7, 11) is 0. The minimum Gasteiger partial charge on any atom is -0.336 e. The van der Waals surface area contributed by atoms with Crippen molar-refractivity contribution in [3.05, 3.63) is 34.1 Å². The van der Waals surface area contributed by atoms with Gasteiger partial charge in [-0.15, -0.1) is 0 Å². The van der Waals surface area contributed by atoms with Gasteiger partial charge in [0.1, 0.15) is 5.82 Å². The molecule has 0 bridgehead atoms. The van der Waals surface area contributed by atoms with E-state index in [2.05, 4.69) is 15.9 Å². The lowest BCUT2D eigenvalue weighted by Gasteiger charge is -2.31. The molecule has 1 saturated heterocycles. The molecule has 0 spiro atoms. The molecule has 1 aromatic rings. The minimum absolute atomic E-state index is 0.00584. The second-order valence-corrected chi connectivity index (χ2v) is 6.61. The molecule has 1 aliphatic heterocycles. The molecule has 0 saturated carbocycles. The number of rotatable bonds is 2. The Labute approximate surface area is 121 Å². The number of benzene rings is 1. The molecular formula is C14H18BrFN2O. The van der Waals surface area contributed by atoms with E-state index >= 15 is 0 Å². The Morgan fingerprint density at radius 3 is 2.84 bits per heavy atom. The van der Waals surface area contributed by atoms with Gasteiger partial charge >= 0.3 is 0 Å². The van der Waals surface area contributed by atoms with E-state index < -0.39 is 0 Å². The third-order valence-electron chi connectivity index (χ3n) is 3.56. The number of likely N-dealkylation sites (tertiary alicyclic amines) is 1. The maximum atomic E-state index is 13.7.